The van der Waals surface area contributed by atoms with Gasteiger partial charge in [-0.1, -0.05) is 12.1 Å². The van der Waals surface area contributed by atoms with Gasteiger partial charge in [0.05, 0.1) is 17.5 Å². The molecule has 1 aromatic heterocycles. The minimum absolute atomic E-state index is 0.0385. The number of nitrogens with zero attached hydrogens (tertiary/aromatic N) is 3. The molecule has 96 valence electrons. The van der Waals surface area contributed by atoms with Crippen LogP contribution in [-0.4, -0.2) is 20.9 Å². The molecule has 0 spiro atoms. The number of carbonyl (C=O) groups is 1. The number of aryl methyl sites for hydroxylation is 1. The molecule has 1 heterocycles. The van der Waals surface area contributed by atoms with Crippen molar-refractivity contribution in [3.05, 3.63) is 47.3 Å². The number of carboxylic acid groups (broad SMARTS) is 1. The molecule has 6 nitrogen and oxygen atoms in total. The molecule has 0 saturated heterocycles. The van der Waals surface area contributed by atoms with Gasteiger partial charge in [0.2, 0.25) is 0 Å². The highest BCUT2D eigenvalue weighted by Gasteiger charge is 2.15. The summed E-state index contributed by atoms with van der Waals surface area (Å²) in [4.78, 5) is 11.0. The van der Waals surface area contributed by atoms with Gasteiger partial charge in [-0.3, -0.25) is 4.68 Å². The minimum atomic E-state index is -1.06. The summed E-state index contributed by atoms with van der Waals surface area (Å²) >= 11 is 0. The van der Waals surface area contributed by atoms with Gasteiger partial charge in [-0.2, -0.15) is 10.4 Å². The van der Waals surface area contributed by atoms with Crippen LogP contribution < -0.4 is 4.74 Å². The predicted octanol–water partition coefficient (Wildman–Crippen LogP) is 1.57. The van der Waals surface area contributed by atoms with Gasteiger partial charge in [0.25, 0.3) is 0 Å². The molecule has 6 heteroatoms. The Bertz CT molecular complexity index is 655. The molecule has 0 unspecified atom stereocenters. The molecular formula is C13H11N3O3. The second-order valence-electron chi connectivity index (χ2n) is 3.83. The van der Waals surface area contributed by atoms with Crippen LogP contribution in [0.4, 0.5) is 0 Å². The maximum absolute atomic E-state index is 11.0. The number of carboxylic acids is 1. The van der Waals surface area contributed by atoms with E-state index < -0.39 is 5.97 Å². The van der Waals surface area contributed by atoms with Crippen LogP contribution in [0.25, 0.3) is 0 Å². The van der Waals surface area contributed by atoms with Crippen LogP contribution in [0, 0.1) is 11.3 Å². The van der Waals surface area contributed by atoms with E-state index in [1.165, 1.54) is 10.9 Å². The number of benzene rings is 1. The zero-order chi connectivity index (χ0) is 13.8. The Morgan fingerprint density at radius 3 is 2.95 bits per heavy atom. The van der Waals surface area contributed by atoms with Crippen molar-refractivity contribution in [1.82, 2.24) is 9.78 Å². The van der Waals surface area contributed by atoms with Crippen LogP contribution in [0.5, 0.6) is 5.75 Å². The van der Waals surface area contributed by atoms with Crippen molar-refractivity contribution in [2.75, 3.05) is 0 Å². The molecule has 0 atom stereocenters. The van der Waals surface area contributed by atoms with Crippen molar-refractivity contribution in [2.24, 2.45) is 7.05 Å². The molecule has 2 aromatic rings. The first-order valence-corrected chi connectivity index (χ1v) is 5.49. The van der Waals surface area contributed by atoms with Crippen LogP contribution in [0.2, 0.25) is 0 Å². The number of aromatic nitrogens is 2. The molecule has 0 amide bonds. The molecule has 2 rings (SSSR count). The van der Waals surface area contributed by atoms with Crippen LogP contribution >= 0.6 is 0 Å². The van der Waals surface area contributed by atoms with Gasteiger partial charge >= 0.3 is 5.97 Å². The third-order valence-corrected chi connectivity index (χ3v) is 2.66. The second kappa shape index (κ2) is 5.23. The van der Waals surface area contributed by atoms with E-state index in [4.69, 9.17) is 15.1 Å². The summed E-state index contributed by atoms with van der Waals surface area (Å²) in [5.41, 5.74) is 0.943. The van der Waals surface area contributed by atoms with E-state index in [-0.39, 0.29) is 12.2 Å². The van der Waals surface area contributed by atoms with Gasteiger partial charge < -0.3 is 9.84 Å². The number of aromatic carboxylic acids is 1. The van der Waals surface area contributed by atoms with Crippen molar-refractivity contribution in [2.45, 2.75) is 6.61 Å². The van der Waals surface area contributed by atoms with E-state index in [1.807, 2.05) is 6.07 Å². The Balaban J connectivity index is 2.22. The fourth-order valence-corrected chi connectivity index (χ4v) is 1.64. The van der Waals surface area contributed by atoms with E-state index in [0.717, 1.165) is 0 Å². The number of nitriles is 1. The van der Waals surface area contributed by atoms with E-state index >= 15 is 0 Å². The molecule has 0 aliphatic heterocycles. The summed E-state index contributed by atoms with van der Waals surface area (Å²) in [6.07, 6.45) is 1.28. The minimum Gasteiger partial charge on any atom is -0.486 e. The first-order valence-electron chi connectivity index (χ1n) is 5.49. The smallest absolute Gasteiger partial charge is 0.339 e. The monoisotopic (exact) mass is 257 g/mol. The highest BCUT2D eigenvalue weighted by atomic mass is 16.5. The second-order valence-corrected chi connectivity index (χ2v) is 3.83. The maximum Gasteiger partial charge on any atom is 0.339 e. The molecule has 1 aromatic carbocycles. The summed E-state index contributed by atoms with van der Waals surface area (Å²) in [5, 5.41) is 21.8. The maximum atomic E-state index is 11.0. The highest BCUT2D eigenvalue weighted by molar-refractivity contribution is 5.88. The number of hydrogen-bond acceptors (Lipinski definition) is 4. The number of ether oxygens (including phenoxy) is 1. The molecule has 0 bridgehead atoms. The van der Waals surface area contributed by atoms with E-state index in [9.17, 15) is 4.79 Å². The molecule has 0 saturated carbocycles. The van der Waals surface area contributed by atoms with Crippen LogP contribution in [0.1, 0.15) is 21.6 Å². The highest BCUT2D eigenvalue weighted by Crippen LogP contribution is 2.19. The van der Waals surface area contributed by atoms with Gasteiger partial charge in [0.15, 0.2) is 0 Å². The lowest BCUT2D eigenvalue weighted by Crippen LogP contribution is -2.08. The van der Waals surface area contributed by atoms with Crippen molar-refractivity contribution >= 4 is 5.97 Å². The van der Waals surface area contributed by atoms with E-state index in [1.54, 1.807) is 31.3 Å². The summed E-state index contributed by atoms with van der Waals surface area (Å²) < 4.78 is 6.94. The first kappa shape index (κ1) is 12.6. The van der Waals surface area contributed by atoms with Crippen molar-refractivity contribution in [3.8, 4) is 11.8 Å². The fraction of sp³-hybridized carbons (Fsp3) is 0.154. The number of rotatable bonds is 4. The molecule has 0 aliphatic rings. The predicted molar refractivity (Wildman–Crippen MR) is 65.7 cm³/mol. The van der Waals surface area contributed by atoms with Gasteiger partial charge in [0.1, 0.15) is 24.0 Å². The lowest BCUT2D eigenvalue weighted by Gasteiger charge is -2.08. The Morgan fingerprint density at radius 1 is 1.53 bits per heavy atom. The third-order valence-electron chi connectivity index (χ3n) is 2.66. The fourth-order valence-electron chi connectivity index (χ4n) is 1.64. The van der Waals surface area contributed by atoms with Crippen LogP contribution in [0.3, 0.4) is 0 Å². The Morgan fingerprint density at radius 2 is 2.26 bits per heavy atom. The average Bonchev–Trinajstić information content (AvgIpc) is 2.78. The summed E-state index contributed by atoms with van der Waals surface area (Å²) in [6, 6.07) is 8.79. The standard InChI is InChI=1S/C13H11N3O3/c1-16-11(10(7-15-16)13(17)18)8-19-12-5-3-2-4-9(12)6-14/h2-5,7H,8H2,1H3,(H,17,18). The zero-order valence-electron chi connectivity index (χ0n) is 10.2. The molecule has 1 N–H and O–H groups in total. The normalized spacial score (nSPS) is 9.89. The number of hydrogen-bond donors (Lipinski definition) is 1. The van der Waals surface area contributed by atoms with Gasteiger partial charge in [-0.05, 0) is 12.1 Å². The lowest BCUT2D eigenvalue weighted by molar-refractivity contribution is 0.0693. The van der Waals surface area contributed by atoms with E-state index in [2.05, 4.69) is 5.10 Å². The van der Waals surface area contributed by atoms with Crippen molar-refractivity contribution < 1.29 is 14.6 Å². The molecule has 19 heavy (non-hydrogen) atoms. The van der Waals surface area contributed by atoms with Gasteiger partial charge in [-0.15, -0.1) is 0 Å². The Hall–Kier alpha value is -2.81. The molecule has 0 radical (unpaired) electrons. The van der Waals surface area contributed by atoms with Gasteiger partial charge in [-0.25, -0.2) is 4.79 Å². The molecule has 0 fully saturated rings. The third kappa shape index (κ3) is 2.55. The largest absolute Gasteiger partial charge is 0.486 e. The van der Waals surface area contributed by atoms with Crippen LogP contribution in [-0.2, 0) is 13.7 Å². The summed E-state index contributed by atoms with van der Waals surface area (Å²) in [5.74, 6) is -0.636. The number of para-hydroxylation sites is 1. The van der Waals surface area contributed by atoms with Crippen LogP contribution in [0.15, 0.2) is 30.5 Å². The lowest BCUT2D eigenvalue weighted by atomic mass is 10.2. The average molecular weight is 257 g/mol. The SMILES string of the molecule is Cn1ncc(C(=O)O)c1COc1ccccc1C#N. The van der Waals surface area contributed by atoms with Crippen molar-refractivity contribution in [3.63, 3.8) is 0 Å². The summed E-state index contributed by atoms with van der Waals surface area (Å²) in [7, 11) is 1.64. The quantitative estimate of drug-likeness (QED) is 0.898. The van der Waals surface area contributed by atoms with E-state index in [0.29, 0.717) is 17.0 Å². The summed E-state index contributed by atoms with van der Waals surface area (Å²) in [6.45, 7) is 0.0385. The topological polar surface area (TPSA) is 88.1 Å². The van der Waals surface area contributed by atoms with Gasteiger partial charge in [0, 0.05) is 7.05 Å². The Kier molecular flexibility index (Phi) is 3.48. The Labute approximate surface area is 109 Å². The van der Waals surface area contributed by atoms with Crippen molar-refractivity contribution in [1.29, 1.82) is 5.26 Å². The molecule has 0 aliphatic carbocycles. The zero-order valence-corrected chi connectivity index (χ0v) is 10.2. The first-order chi connectivity index (χ1) is 9.13. The molecular weight excluding hydrogens is 246 g/mol.